The fourth-order valence-corrected chi connectivity index (χ4v) is 4.18. The molecule has 1 aromatic heterocycles. The molecule has 0 spiro atoms. The van der Waals surface area contributed by atoms with Crippen molar-refractivity contribution in [2.24, 2.45) is 0 Å². The Bertz CT molecular complexity index is 1440. The fraction of sp³-hybridized carbons (Fsp3) is 0. The molecule has 142 valence electrons. The number of para-hydroxylation sites is 6. The quantitative estimate of drug-likeness (QED) is 0.297. The van der Waals surface area contributed by atoms with Crippen molar-refractivity contribution in [1.29, 1.82) is 0 Å². The summed E-state index contributed by atoms with van der Waals surface area (Å²) in [7, 11) is 0. The third-order valence-corrected chi connectivity index (χ3v) is 5.48. The minimum Gasteiger partial charge on any atom is -0.453 e. The Morgan fingerprint density at radius 1 is 0.633 bits per heavy atom. The molecule has 0 fully saturated rings. The van der Waals surface area contributed by atoms with E-state index in [0.29, 0.717) is 11.6 Å². The summed E-state index contributed by atoms with van der Waals surface area (Å²) in [5.41, 5.74) is 5.17. The van der Waals surface area contributed by atoms with Gasteiger partial charge in [0.25, 0.3) is 0 Å². The third-order valence-electron chi connectivity index (χ3n) is 5.48. The number of ether oxygens (including phenoxy) is 2. The van der Waals surface area contributed by atoms with Crippen LogP contribution in [0.4, 0.5) is 17.1 Å². The number of benzene rings is 4. The number of anilines is 3. The zero-order chi connectivity index (χ0) is 19.7. The molecule has 0 N–H and O–H groups in total. The molecule has 0 atom stereocenters. The van der Waals surface area contributed by atoms with E-state index >= 15 is 0 Å². The van der Waals surface area contributed by atoms with Gasteiger partial charge in [0.15, 0.2) is 28.6 Å². The Morgan fingerprint density at radius 2 is 1.37 bits per heavy atom. The van der Waals surface area contributed by atoms with Gasteiger partial charge in [0, 0.05) is 0 Å². The van der Waals surface area contributed by atoms with Gasteiger partial charge >= 0.3 is 0 Å². The van der Waals surface area contributed by atoms with E-state index in [2.05, 4.69) is 16.0 Å². The lowest BCUT2D eigenvalue weighted by molar-refractivity contribution is 0.445. The van der Waals surface area contributed by atoms with E-state index in [1.807, 2.05) is 78.9 Å². The molecule has 3 heterocycles. The maximum Gasteiger partial charge on any atom is 0.231 e. The summed E-state index contributed by atoms with van der Waals surface area (Å²) >= 11 is 0. The number of oxazole rings is 1. The molecule has 2 aliphatic rings. The fourth-order valence-electron chi connectivity index (χ4n) is 4.18. The molecule has 0 saturated heterocycles. The summed E-state index contributed by atoms with van der Waals surface area (Å²) in [6.45, 7) is 0. The normalized spacial score (nSPS) is 13.1. The Hall–Kier alpha value is -4.25. The van der Waals surface area contributed by atoms with Gasteiger partial charge in [-0.25, -0.2) is 4.98 Å². The molecule has 7 rings (SSSR count). The first-order valence-electron chi connectivity index (χ1n) is 9.74. The first kappa shape index (κ1) is 15.6. The van der Waals surface area contributed by atoms with E-state index < -0.39 is 0 Å². The van der Waals surface area contributed by atoms with E-state index in [9.17, 15) is 0 Å². The number of hydrogen-bond acceptors (Lipinski definition) is 5. The minimum absolute atomic E-state index is 0.536. The average molecular weight is 390 g/mol. The van der Waals surface area contributed by atoms with E-state index in [1.54, 1.807) is 0 Å². The molecule has 30 heavy (non-hydrogen) atoms. The summed E-state index contributed by atoms with van der Waals surface area (Å²) in [6.07, 6.45) is 0. The summed E-state index contributed by atoms with van der Waals surface area (Å²) < 4.78 is 18.6. The van der Waals surface area contributed by atoms with Gasteiger partial charge in [-0.3, -0.25) is 4.90 Å². The number of fused-ring (bicyclic) bond motifs is 5. The molecular formula is C25H14N2O3. The molecule has 0 bridgehead atoms. The van der Waals surface area contributed by atoms with Gasteiger partial charge in [0.05, 0.1) is 16.9 Å². The largest absolute Gasteiger partial charge is 0.453 e. The second kappa shape index (κ2) is 5.64. The number of aromatic nitrogens is 1. The van der Waals surface area contributed by atoms with Crippen molar-refractivity contribution in [1.82, 2.24) is 4.98 Å². The van der Waals surface area contributed by atoms with Gasteiger partial charge in [0.1, 0.15) is 11.2 Å². The van der Waals surface area contributed by atoms with Crippen LogP contribution in [0, 0.1) is 0 Å². The molecule has 4 aromatic carbocycles. The Labute approximate surface area is 171 Å². The van der Waals surface area contributed by atoms with Crippen molar-refractivity contribution in [3.63, 3.8) is 0 Å². The van der Waals surface area contributed by atoms with Crippen LogP contribution in [0.3, 0.4) is 0 Å². The Balaban J connectivity index is 1.50. The van der Waals surface area contributed by atoms with Crippen LogP contribution in [0.1, 0.15) is 0 Å². The molecular weight excluding hydrogens is 376 g/mol. The molecule has 5 nitrogen and oxygen atoms in total. The summed E-state index contributed by atoms with van der Waals surface area (Å²) in [4.78, 5) is 6.87. The SMILES string of the molecule is c1ccc2c(c1)Oc1cccc3c1N2c1cccc(-c2nc4ccccc4o2)c1O3. The smallest absolute Gasteiger partial charge is 0.231 e. The highest BCUT2D eigenvalue weighted by Crippen LogP contribution is 2.60. The first-order valence-corrected chi connectivity index (χ1v) is 9.74. The highest BCUT2D eigenvalue weighted by atomic mass is 16.5. The Morgan fingerprint density at radius 3 is 2.30 bits per heavy atom. The van der Waals surface area contributed by atoms with Crippen LogP contribution in [0.2, 0.25) is 0 Å². The van der Waals surface area contributed by atoms with Crippen molar-refractivity contribution < 1.29 is 13.9 Å². The molecule has 0 saturated carbocycles. The van der Waals surface area contributed by atoms with Gasteiger partial charge in [0.2, 0.25) is 5.89 Å². The monoisotopic (exact) mass is 390 g/mol. The van der Waals surface area contributed by atoms with Crippen LogP contribution >= 0.6 is 0 Å². The Kier molecular flexibility index (Phi) is 2.94. The molecule has 0 radical (unpaired) electrons. The van der Waals surface area contributed by atoms with Crippen molar-refractivity contribution >= 4 is 28.2 Å². The van der Waals surface area contributed by atoms with Crippen LogP contribution in [-0.2, 0) is 0 Å². The second-order valence-electron chi connectivity index (χ2n) is 7.25. The van der Waals surface area contributed by atoms with Crippen molar-refractivity contribution in [2.45, 2.75) is 0 Å². The predicted molar refractivity (Wildman–Crippen MR) is 114 cm³/mol. The number of nitrogens with zero attached hydrogens (tertiary/aromatic N) is 2. The number of rotatable bonds is 1. The topological polar surface area (TPSA) is 47.7 Å². The van der Waals surface area contributed by atoms with Crippen LogP contribution in [0.25, 0.3) is 22.6 Å². The van der Waals surface area contributed by atoms with Crippen molar-refractivity contribution in [3.05, 3.63) is 84.9 Å². The minimum atomic E-state index is 0.536. The maximum atomic E-state index is 6.40. The van der Waals surface area contributed by atoms with Crippen LogP contribution in [0.5, 0.6) is 23.0 Å². The summed E-state index contributed by atoms with van der Waals surface area (Å²) in [5, 5.41) is 0. The highest BCUT2D eigenvalue weighted by molar-refractivity contribution is 5.96. The van der Waals surface area contributed by atoms with Gasteiger partial charge in [-0.15, -0.1) is 0 Å². The lowest BCUT2D eigenvalue weighted by Gasteiger charge is -2.38. The standard InChI is InChI=1S/C25H14N2O3/c1-3-11-19-16(8-1)26-25(30-19)15-7-5-10-18-24(15)29-22-14-6-13-21-23(22)27(18)17-9-2-4-12-20(17)28-21/h1-14H. The van der Waals surface area contributed by atoms with Crippen LogP contribution in [0.15, 0.2) is 89.3 Å². The zero-order valence-corrected chi connectivity index (χ0v) is 15.7. The van der Waals surface area contributed by atoms with E-state index in [0.717, 1.165) is 51.0 Å². The molecule has 5 heteroatoms. The molecule has 0 amide bonds. The molecule has 5 aromatic rings. The zero-order valence-electron chi connectivity index (χ0n) is 15.7. The lowest BCUT2D eigenvalue weighted by atomic mass is 10.1. The van der Waals surface area contributed by atoms with Gasteiger partial charge in [-0.1, -0.05) is 36.4 Å². The van der Waals surface area contributed by atoms with Crippen molar-refractivity contribution in [3.8, 4) is 34.5 Å². The van der Waals surface area contributed by atoms with E-state index in [-0.39, 0.29) is 0 Å². The average Bonchev–Trinajstić information content (AvgIpc) is 3.22. The third kappa shape index (κ3) is 2.03. The summed E-state index contributed by atoms with van der Waals surface area (Å²) in [6, 6.07) is 27.6. The lowest BCUT2D eigenvalue weighted by Crippen LogP contribution is -2.20. The summed E-state index contributed by atoms with van der Waals surface area (Å²) in [5.74, 6) is 3.56. The molecule has 2 aliphatic heterocycles. The van der Waals surface area contributed by atoms with Crippen molar-refractivity contribution in [2.75, 3.05) is 4.90 Å². The van der Waals surface area contributed by atoms with Crippen LogP contribution in [-0.4, -0.2) is 4.98 Å². The van der Waals surface area contributed by atoms with E-state index in [4.69, 9.17) is 13.9 Å². The van der Waals surface area contributed by atoms with E-state index in [1.165, 1.54) is 0 Å². The molecule has 0 unspecified atom stereocenters. The van der Waals surface area contributed by atoms with Gasteiger partial charge < -0.3 is 13.9 Å². The number of hydrogen-bond donors (Lipinski definition) is 0. The van der Waals surface area contributed by atoms with Gasteiger partial charge in [-0.05, 0) is 48.5 Å². The first-order chi connectivity index (χ1) is 14.9. The van der Waals surface area contributed by atoms with Gasteiger partial charge in [-0.2, -0.15) is 0 Å². The highest BCUT2D eigenvalue weighted by Gasteiger charge is 2.35. The molecule has 0 aliphatic carbocycles. The van der Waals surface area contributed by atoms with Crippen LogP contribution < -0.4 is 14.4 Å². The predicted octanol–water partition coefficient (Wildman–Crippen LogP) is 7.18. The second-order valence-corrected chi connectivity index (χ2v) is 7.25. The maximum absolute atomic E-state index is 6.40.